The number of carboxylic acids is 1. The minimum Gasteiger partial charge on any atom is -0.477 e. The second-order valence-corrected chi connectivity index (χ2v) is 6.33. The Labute approximate surface area is 143 Å². The Morgan fingerprint density at radius 1 is 1.30 bits per heavy atom. The van der Waals surface area contributed by atoms with Gasteiger partial charge in [0.1, 0.15) is 0 Å². The van der Waals surface area contributed by atoms with E-state index >= 15 is 0 Å². The lowest BCUT2D eigenvalue weighted by molar-refractivity contribution is 0.0664. The number of nitrogens with zero attached hydrogens (tertiary/aromatic N) is 2. The molecule has 0 saturated carbocycles. The predicted molar refractivity (Wildman–Crippen MR) is 85.9 cm³/mol. The van der Waals surface area contributed by atoms with E-state index in [-0.39, 0.29) is 24.7 Å². The third-order valence-corrected chi connectivity index (χ3v) is 4.93. The van der Waals surface area contributed by atoms with Gasteiger partial charge >= 0.3 is 11.7 Å². The van der Waals surface area contributed by atoms with Crippen molar-refractivity contribution in [3.63, 3.8) is 0 Å². The molecule has 1 aromatic heterocycles. The Hall–Kier alpha value is -2.06. The second kappa shape index (κ2) is 5.86. The van der Waals surface area contributed by atoms with Crippen molar-refractivity contribution in [2.24, 2.45) is 0 Å². The number of amides is 1. The molecule has 1 aromatic carbocycles. The van der Waals surface area contributed by atoms with Crippen molar-refractivity contribution >= 4 is 39.4 Å². The fraction of sp³-hybridized carbons (Fsp3) is 0.214. The lowest BCUT2D eigenvalue weighted by Crippen LogP contribution is -2.40. The summed E-state index contributed by atoms with van der Waals surface area (Å²) in [5.74, 6) is -1.49. The minimum absolute atomic E-state index is 0.0485. The molecule has 0 radical (unpaired) electrons. The second-order valence-electron chi connectivity index (χ2n) is 5.06. The first-order valence-electron chi connectivity index (χ1n) is 6.68. The molecular weight excluding hydrogens is 390 g/mol. The van der Waals surface area contributed by atoms with Gasteiger partial charge in [-0.3, -0.25) is 14.3 Å². The van der Waals surface area contributed by atoms with Crippen LogP contribution in [0.4, 0.5) is 0 Å². The van der Waals surface area contributed by atoms with Crippen molar-refractivity contribution < 1.29 is 14.7 Å². The highest BCUT2D eigenvalue weighted by molar-refractivity contribution is 9.10. The lowest BCUT2D eigenvalue weighted by atomic mass is 10.1. The molecule has 1 aliphatic heterocycles. The number of halogens is 2. The molecule has 0 spiro atoms. The zero-order chi connectivity index (χ0) is 16.7. The van der Waals surface area contributed by atoms with Crippen LogP contribution in [0.5, 0.6) is 0 Å². The van der Waals surface area contributed by atoms with Gasteiger partial charge in [-0.25, -0.2) is 9.59 Å². The van der Waals surface area contributed by atoms with Gasteiger partial charge in [0, 0.05) is 23.1 Å². The standard InChI is InChI=1S/C14H11BrClN3O4/c15-8-2-1-7(5-9(8)16)12(20)18-3-4-19-10(6-18)11(13(21)22)17-14(19)23/h1-2,5H,3-4,6H2,(H,17,23)(H,21,22). The Morgan fingerprint density at radius 2 is 2.04 bits per heavy atom. The Morgan fingerprint density at radius 3 is 2.70 bits per heavy atom. The van der Waals surface area contributed by atoms with Crippen molar-refractivity contribution in [2.75, 3.05) is 6.54 Å². The molecule has 2 aromatic rings. The number of H-pyrrole nitrogens is 1. The molecule has 23 heavy (non-hydrogen) atoms. The lowest BCUT2D eigenvalue weighted by Gasteiger charge is -2.28. The quantitative estimate of drug-likeness (QED) is 0.805. The average Bonchev–Trinajstić information content (AvgIpc) is 2.86. The zero-order valence-corrected chi connectivity index (χ0v) is 14.0. The monoisotopic (exact) mass is 399 g/mol. The predicted octanol–water partition coefficient (Wildman–Crippen LogP) is 1.95. The summed E-state index contributed by atoms with van der Waals surface area (Å²) in [6.07, 6.45) is 0. The fourth-order valence-electron chi connectivity index (χ4n) is 2.55. The summed E-state index contributed by atoms with van der Waals surface area (Å²) in [6, 6.07) is 4.86. The van der Waals surface area contributed by atoms with Gasteiger partial charge in [0.25, 0.3) is 5.91 Å². The Balaban J connectivity index is 1.92. The van der Waals surface area contributed by atoms with Gasteiger partial charge < -0.3 is 10.0 Å². The number of hydrogen-bond acceptors (Lipinski definition) is 3. The molecule has 0 bridgehead atoms. The van der Waals surface area contributed by atoms with Crippen LogP contribution in [-0.2, 0) is 13.1 Å². The molecule has 0 atom stereocenters. The number of nitrogens with one attached hydrogen (secondary N) is 1. The normalized spacial score (nSPS) is 13.7. The summed E-state index contributed by atoms with van der Waals surface area (Å²) in [5.41, 5.74) is 0.0456. The molecular formula is C14H11BrClN3O4. The number of carboxylic acid groups (broad SMARTS) is 1. The van der Waals surface area contributed by atoms with E-state index in [0.29, 0.717) is 27.3 Å². The number of fused-ring (bicyclic) bond motifs is 1. The molecule has 1 aliphatic rings. The van der Waals surface area contributed by atoms with Gasteiger partial charge in [0.05, 0.1) is 17.3 Å². The van der Waals surface area contributed by atoms with Gasteiger partial charge in [0.2, 0.25) is 0 Å². The van der Waals surface area contributed by atoms with E-state index in [1.807, 2.05) is 0 Å². The molecule has 120 valence electrons. The third-order valence-electron chi connectivity index (χ3n) is 3.69. The van der Waals surface area contributed by atoms with Crippen molar-refractivity contribution in [2.45, 2.75) is 13.1 Å². The van der Waals surface area contributed by atoms with Gasteiger partial charge in [-0.1, -0.05) is 11.6 Å². The summed E-state index contributed by atoms with van der Waals surface area (Å²) in [5, 5.41) is 9.57. The third kappa shape index (κ3) is 2.79. The molecule has 2 N–H and O–H groups in total. The van der Waals surface area contributed by atoms with Crippen LogP contribution in [0.3, 0.4) is 0 Å². The van der Waals surface area contributed by atoms with Crippen molar-refractivity contribution in [1.29, 1.82) is 0 Å². The summed E-state index contributed by atoms with van der Waals surface area (Å²) in [4.78, 5) is 39.3. The molecule has 7 nitrogen and oxygen atoms in total. The highest BCUT2D eigenvalue weighted by Gasteiger charge is 2.28. The maximum atomic E-state index is 12.6. The maximum absolute atomic E-state index is 12.6. The number of hydrogen-bond donors (Lipinski definition) is 2. The van der Waals surface area contributed by atoms with E-state index < -0.39 is 11.7 Å². The highest BCUT2D eigenvalue weighted by atomic mass is 79.9. The van der Waals surface area contributed by atoms with Crippen molar-refractivity contribution in [3.8, 4) is 0 Å². The van der Waals surface area contributed by atoms with E-state index in [1.54, 1.807) is 18.2 Å². The summed E-state index contributed by atoms with van der Waals surface area (Å²) in [7, 11) is 0. The smallest absolute Gasteiger partial charge is 0.354 e. The number of imidazole rings is 1. The summed E-state index contributed by atoms with van der Waals surface area (Å²) >= 11 is 9.26. The number of carbonyl (C=O) groups is 2. The fourth-order valence-corrected chi connectivity index (χ4v) is 2.97. The SMILES string of the molecule is O=C(O)c1[nH]c(=O)n2c1CN(C(=O)c1ccc(Br)c(Cl)c1)CC2. The van der Waals surface area contributed by atoms with Crippen LogP contribution in [0.25, 0.3) is 0 Å². The molecule has 2 heterocycles. The number of carbonyl (C=O) groups excluding carboxylic acids is 1. The maximum Gasteiger partial charge on any atom is 0.354 e. The first-order chi connectivity index (χ1) is 10.9. The van der Waals surface area contributed by atoms with E-state index in [9.17, 15) is 14.4 Å². The average molecular weight is 401 g/mol. The van der Waals surface area contributed by atoms with Crippen LogP contribution in [-0.4, -0.2) is 38.0 Å². The molecule has 9 heteroatoms. The summed E-state index contributed by atoms with van der Waals surface area (Å²) < 4.78 is 2.03. The van der Waals surface area contributed by atoms with Crippen LogP contribution in [0, 0.1) is 0 Å². The first-order valence-corrected chi connectivity index (χ1v) is 7.85. The molecule has 0 saturated heterocycles. The largest absolute Gasteiger partial charge is 0.477 e. The minimum atomic E-state index is -1.23. The number of rotatable bonds is 2. The van der Waals surface area contributed by atoms with Crippen LogP contribution >= 0.6 is 27.5 Å². The number of benzene rings is 1. The first kappa shape index (κ1) is 15.8. The van der Waals surface area contributed by atoms with Gasteiger partial charge in [-0.05, 0) is 34.1 Å². The Kier molecular flexibility index (Phi) is 4.03. The summed E-state index contributed by atoms with van der Waals surface area (Å²) in [6.45, 7) is 0.608. The topological polar surface area (TPSA) is 95.4 Å². The van der Waals surface area contributed by atoms with Crippen LogP contribution in [0.15, 0.2) is 27.5 Å². The Bertz CT molecular complexity index is 873. The van der Waals surface area contributed by atoms with E-state index in [1.165, 1.54) is 9.47 Å². The number of aromatic carboxylic acids is 1. The molecule has 0 fully saturated rings. The van der Waals surface area contributed by atoms with Crippen molar-refractivity contribution in [1.82, 2.24) is 14.5 Å². The van der Waals surface area contributed by atoms with Gasteiger partial charge in [-0.15, -0.1) is 0 Å². The van der Waals surface area contributed by atoms with Crippen molar-refractivity contribution in [3.05, 3.63) is 55.1 Å². The van der Waals surface area contributed by atoms with Gasteiger partial charge in [-0.2, -0.15) is 0 Å². The zero-order valence-electron chi connectivity index (χ0n) is 11.7. The van der Waals surface area contributed by atoms with E-state index in [2.05, 4.69) is 20.9 Å². The molecule has 0 unspecified atom stereocenters. The molecule has 3 rings (SSSR count). The van der Waals surface area contributed by atoms with Crippen LogP contribution in [0.1, 0.15) is 26.5 Å². The van der Waals surface area contributed by atoms with E-state index in [0.717, 1.165) is 0 Å². The molecule has 0 aliphatic carbocycles. The number of aromatic amines is 1. The van der Waals surface area contributed by atoms with Crippen LogP contribution < -0.4 is 5.69 Å². The highest BCUT2D eigenvalue weighted by Crippen LogP contribution is 2.25. The van der Waals surface area contributed by atoms with Crippen LogP contribution in [0.2, 0.25) is 5.02 Å². The van der Waals surface area contributed by atoms with E-state index in [4.69, 9.17) is 16.7 Å². The van der Waals surface area contributed by atoms with Gasteiger partial charge in [0.15, 0.2) is 5.69 Å². The molecule has 1 amide bonds. The number of aromatic nitrogens is 2.